The number of likely N-dealkylation sites (N-methyl/N-ethyl adjacent to an activating group) is 2. The Morgan fingerprint density at radius 3 is 2.65 bits per heavy atom. The predicted molar refractivity (Wildman–Crippen MR) is 107 cm³/mol. The molecule has 11 heteroatoms. The smallest absolute Gasteiger partial charge is 0.416 e. The molecule has 164 valence electrons. The molecule has 1 aromatic carbocycles. The normalized spacial score (nSPS) is 11.3. The van der Waals surface area contributed by atoms with E-state index in [4.69, 9.17) is 4.74 Å². The zero-order valence-corrected chi connectivity index (χ0v) is 17.2. The van der Waals surface area contributed by atoms with Crippen molar-refractivity contribution in [2.24, 2.45) is 0 Å². The Morgan fingerprint density at radius 2 is 1.94 bits per heavy atom. The third kappa shape index (κ3) is 5.71. The maximum Gasteiger partial charge on any atom is 0.416 e. The molecular formula is C20H21F3N6O2. The molecule has 0 spiro atoms. The van der Waals surface area contributed by atoms with Gasteiger partial charge in [0, 0.05) is 34.1 Å². The molecule has 2 heterocycles. The van der Waals surface area contributed by atoms with Crippen LogP contribution in [0.25, 0.3) is 5.69 Å². The molecule has 0 fully saturated rings. The van der Waals surface area contributed by atoms with Gasteiger partial charge in [-0.3, -0.25) is 9.78 Å². The number of nitrogens with zero attached hydrogens (tertiary/aromatic N) is 6. The minimum absolute atomic E-state index is 0.0330. The minimum Gasteiger partial charge on any atom is -0.434 e. The van der Waals surface area contributed by atoms with Gasteiger partial charge in [-0.2, -0.15) is 23.3 Å². The Hall–Kier alpha value is -3.63. The van der Waals surface area contributed by atoms with Crippen LogP contribution in [-0.2, 0) is 11.0 Å². The zero-order valence-electron chi connectivity index (χ0n) is 17.2. The van der Waals surface area contributed by atoms with Crippen LogP contribution in [0.15, 0.2) is 49.1 Å². The number of rotatable bonds is 7. The second-order valence-electron chi connectivity index (χ2n) is 6.85. The summed E-state index contributed by atoms with van der Waals surface area (Å²) in [7, 11) is 3.52. The summed E-state index contributed by atoms with van der Waals surface area (Å²) in [4.78, 5) is 23.2. The predicted octanol–water partition coefficient (Wildman–Crippen LogP) is 3.39. The third-order valence-corrected chi connectivity index (χ3v) is 4.52. The maximum absolute atomic E-state index is 12.9. The SMILES string of the molecule is CC(=O)N(C)CCN(C)c1cncc(Oc2cnn(-c3cccc(C(F)(F)F)c3)c2)n1. The van der Waals surface area contributed by atoms with Crippen molar-refractivity contribution in [1.29, 1.82) is 0 Å². The number of carbonyl (C=O) groups excluding carboxylic acids is 1. The summed E-state index contributed by atoms with van der Waals surface area (Å²) < 4.78 is 45.7. The van der Waals surface area contributed by atoms with Crippen LogP contribution in [0.5, 0.6) is 11.6 Å². The molecule has 31 heavy (non-hydrogen) atoms. The number of aromatic nitrogens is 4. The van der Waals surface area contributed by atoms with E-state index in [1.54, 1.807) is 18.1 Å². The minimum atomic E-state index is -4.44. The Morgan fingerprint density at radius 1 is 1.16 bits per heavy atom. The van der Waals surface area contributed by atoms with Gasteiger partial charge in [0.15, 0.2) is 11.6 Å². The molecule has 0 radical (unpaired) electrons. The van der Waals surface area contributed by atoms with Crippen LogP contribution in [0.3, 0.4) is 0 Å². The first kappa shape index (κ1) is 22.1. The first-order valence-corrected chi connectivity index (χ1v) is 9.28. The van der Waals surface area contributed by atoms with Crippen molar-refractivity contribution in [3.8, 4) is 17.3 Å². The van der Waals surface area contributed by atoms with E-state index in [2.05, 4.69) is 15.1 Å². The highest BCUT2D eigenvalue weighted by atomic mass is 19.4. The first-order valence-electron chi connectivity index (χ1n) is 9.28. The molecule has 0 N–H and O–H groups in total. The molecule has 0 aliphatic heterocycles. The van der Waals surface area contributed by atoms with Gasteiger partial charge in [0.2, 0.25) is 11.8 Å². The van der Waals surface area contributed by atoms with Gasteiger partial charge in [-0.25, -0.2) is 4.68 Å². The van der Waals surface area contributed by atoms with Gasteiger partial charge < -0.3 is 14.5 Å². The van der Waals surface area contributed by atoms with Crippen molar-refractivity contribution in [2.75, 3.05) is 32.1 Å². The number of ether oxygens (including phenoxy) is 1. The third-order valence-electron chi connectivity index (χ3n) is 4.52. The highest BCUT2D eigenvalue weighted by Crippen LogP contribution is 2.30. The molecule has 0 unspecified atom stereocenters. The Bertz CT molecular complexity index is 1050. The topological polar surface area (TPSA) is 76.4 Å². The highest BCUT2D eigenvalue weighted by molar-refractivity contribution is 5.72. The van der Waals surface area contributed by atoms with Crippen LogP contribution >= 0.6 is 0 Å². The maximum atomic E-state index is 12.9. The molecule has 3 rings (SSSR count). The monoisotopic (exact) mass is 434 g/mol. The summed E-state index contributed by atoms with van der Waals surface area (Å²) in [6, 6.07) is 4.83. The standard InChI is InChI=1S/C20H21F3N6O2/c1-14(30)27(2)7-8-28(3)18-11-24-12-19(26-18)31-17-10-25-29(13-17)16-6-4-5-15(9-16)20(21,22)23/h4-6,9-13H,7-8H2,1-3H3. The van der Waals surface area contributed by atoms with Crippen LogP contribution in [0.4, 0.5) is 19.0 Å². The van der Waals surface area contributed by atoms with Crippen LogP contribution in [0.2, 0.25) is 0 Å². The number of carbonyl (C=O) groups is 1. The summed E-state index contributed by atoms with van der Waals surface area (Å²) in [5, 5.41) is 4.06. The summed E-state index contributed by atoms with van der Waals surface area (Å²) in [5.41, 5.74) is -0.515. The Balaban J connectivity index is 1.70. The lowest BCUT2D eigenvalue weighted by Gasteiger charge is -2.22. The van der Waals surface area contributed by atoms with Crippen LogP contribution in [-0.4, -0.2) is 57.7 Å². The van der Waals surface area contributed by atoms with E-state index in [0.717, 1.165) is 12.1 Å². The molecule has 2 aromatic heterocycles. The van der Waals surface area contributed by atoms with Crippen molar-refractivity contribution in [2.45, 2.75) is 13.1 Å². The van der Waals surface area contributed by atoms with Crippen molar-refractivity contribution >= 4 is 11.7 Å². The Kier molecular flexibility index (Phi) is 6.42. The molecule has 1 amide bonds. The van der Waals surface area contributed by atoms with Gasteiger partial charge in [-0.1, -0.05) is 6.07 Å². The number of benzene rings is 1. The summed E-state index contributed by atoms with van der Waals surface area (Å²) in [6.45, 7) is 2.55. The molecule has 0 saturated carbocycles. The molecule has 0 saturated heterocycles. The Labute approximate surface area is 176 Å². The highest BCUT2D eigenvalue weighted by Gasteiger charge is 2.30. The van der Waals surface area contributed by atoms with Gasteiger partial charge in [0.1, 0.15) is 0 Å². The van der Waals surface area contributed by atoms with E-state index in [0.29, 0.717) is 24.7 Å². The first-order chi connectivity index (χ1) is 14.6. The fraction of sp³-hybridized carbons (Fsp3) is 0.300. The second kappa shape index (κ2) is 9.02. The van der Waals surface area contributed by atoms with E-state index in [9.17, 15) is 18.0 Å². The molecule has 0 atom stereocenters. The van der Waals surface area contributed by atoms with E-state index in [-0.39, 0.29) is 17.5 Å². The molecule has 3 aromatic rings. The molecule has 0 aliphatic rings. The zero-order chi connectivity index (χ0) is 22.6. The van der Waals surface area contributed by atoms with Gasteiger partial charge >= 0.3 is 6.18 Å². The molecule has 8 nitrogen and oxygen atoms in total. The van der Waals surface area contributed by atoms with Gasteiger partial charge in [-0.05, 0) is 18.2 Å². The van der Waals surface area contributed by atoms with E-state index in [1.165, 1.54) is 42.3 Å². The lowest BCUT2D eigenvalue weighted by molar-refractivity contribution is -0.137. The number of hydrogen-bond acceptors (Lipinski definition) is 6. The molecule has 0 aliphatic carbocycles. The van der Waals surface area contributed by atoms with Crippen LogP contribution in [0.1, 0.15) is 12.5 Å². The van der Waals surface area contributed by atoms with Crippen LogP contribution < -0.4 is 9.64 Å². The van der Waals surface area contributed by atoms with Crippen molar-refractivity contribution in [1.82, 2.24) is 24.6 Å². The van der Waals surface area contributed by atoms with Gasteiger partial charge in [0.25, 0.3) is 0 Å². The van der Waals surface area contributed by atoms with E-state index >= 15 is 0 Å². The van der Waals surface area contributed by atoms with Gasteiger partial charge in [-0.15, -0.1) is 0 Å². The average molecular weight is 434 g/mol. The van der Waals surface area contributed by atoms with Crippen LogP contribution in [0, 0.1) is 0 Å². The number of hydrogen-bond donors (Lipinski definition) is 0. The van der Waals surface area contributed by atoms with Crippen molar-refractivity contribution in [3.05, 3.63) is 54.6 Å². The molecule has 0 bridgehead atoms. The lowest BCUT2D eigenvalue weighted by atomic mass is 10.2. The van der Waals surface area contributed by atoms with E-state index < -0.39 is 11.7 Å². The molecular weight excluding hydrogens is 413 g/mol. The number of amides is 1. The number of halogens is 3. The van der Waals surface area contributed by atoms with E-state index in [1.807, 2.05) is 11.9 Å². The van der Waals surface area contributed by atoms with Crippen molar-refractivity contribution in [3.63, 3.8) is 0 Å². The fourth-order valence-corrected chi connectivity index (χ4v) is 2.59. The largest absolute Gasteiger partial charge is 0.434 e. The second-order valence-corrected chi connectivity index (χ2v) is 6.85. The van der Waals surface area contributed by atoms with Gasteiger partial charge in [0.05, 0.1) is 36.0 Å². The van der Waals surface area contributed by atoms with Crippen molar-refractivity contribution < 1.29 is 22.7 Å². The number of anilines is 1. The summed E-state index contributed by atoms with van der Waals surface area (Å²) in [6.07, 6.45) is 1.37. The number of alkyl halides is 3. The lowest BCUT2D eigenvalue weighted by Crippen LogP contribution is -2.33. The average Bonchev–Trinajstić information content (AvgIpc) is 3.19. The summed E-state index contributed by atoms with van der Waals surface area (Å²) in [5.74, 6) is 1.00. The summed E-state index contributed by atoms with van der Waals surface area (Å²) >= 11 is 0. The quantitative estimate of drug-likeness (QED) is 0.568. The fourth-order valence-electron chi connectivity index (χ4n) is 2.59.